The topological polar surface area (TPSA) is 44.8 Å². The quantitative estimate of drug-likeness (QED) is 0.878. The summed E-state index contributed by atoms with van der Waals surface area (Å²) in [6.45, 7) is 5.72. The summed E-state index contributed by atoms with van der Waals surface area (Å²) in [4.78, 5) is 16.0. The molecule has 2 amide bonds. The minimum absolute atomic E-state index is 0.0258. The number of likely N-dealkylation sites (N-methyl/N-ethyl adjacent to an activating group) is 1. The Morgan fingerprint density at radius 1 is 1.30 bits per heavy atom. The zero-order chi connectivity index (χ0) is 14.2. The van der Waals surface area contributed by atoms with Gasteiger partial charge >= 0.3 is 6.03 Å². The van der Waals surface area contributed by atoms with E-state index in [0.29, 0.717) is 6.54 Å². The van der Waals surface area contributed by atoms with Crippen molar-refractivity contribution in [2.75, 3.05) is 46.4 Å². The number of ether oxygens (including phenoxy) is 1. The molecule has 0 atom stereocenters. The lowest BCUT2D eigenvalue weighted by molar-refractivity contribution is 0.0357. The van der Waals surface area contributed by atoms with Gasteiger partial charge < -0.3 is 15.0 Å². The molecule has 20 heavy (non-hydrogen) atoms. The number of urea groups is 1. The molecule has 1 fully saturated rings. The number of carbonyl (C=O) groups is 1. The number of amides is 2. The maximum Gasteiger partial charge on any atom is 0.317 e. The van der Waals surface area contributed by atoms with E-state index in [9.17, 15) is 4.79 Å². The summed E-state index contributed by atoms with van der Waals surface area (Å²) in [6.07, 6.45) is 0. The van der Waals surface area contributed by atoms with Gasteiger partial charge in [-0.25, -0.2) is 4.79 Å². The summed E-state index contributed by atoms with van der Waals surface area (Å²) < 4.78 is 5.31. The van der Waals surface area contributed by atoms with E-state index in [1.807, 2.05) is 37.4 Å². The van der Waals surface area contributed by atoms with Gasteiger partial charge in [-0.1, -0.05) is 30.3 Å². The molecule has 1 N–H and O–H groups in total. The Morgan fingerprint density at radius 2 is 2.00 bits per heavy atom. The van der Waals surface area contributed by atoms with Crippen LogP contribution in [-0.4, -0.2) is 62.3 Å². The molecule has 5 heteroatoms. The van der Waals surface area contributed by atoms with E-state index in [1.54, 1.807) is 4.90 Å². The predicted octanol–water partition coefficient (Wildman–Crippen LogP) is 1.16. The normalized spacial score (nSPS) is 15.8. The van der Waals surface area contributed by atoms with E-state index >= 15 is 0 Å². The maximum absolute atomic E-state index is 12.0. The van der Waals surface area contributed by atoms with Crippen molar-refractivity contribution in [1.82, 2.24) is 15.1 Å². The molecule has 0 unspecified atom stereocenters. The van der Waals surface area contributed by atoms with Crippen molar-refractivity contribution in [1.29, 1.82) is 0 Å². The molecule has 1 heterocycles. The van der Waals surface area contributed by atoms with Gasteiger partial charge in [0.1, 0.15) is 0 Å². The average Bonchev–Trinajstić information content (AvgIpc) is 2.52. The van der Waals surface area contributed by atoms with Crippen LogP contribution in [0.4, 0.5) is 4.79 Å². The monoisotopic (exact) mass is 277 g/mol. The van der Waals surface area contributed by atoms with Gasteiger partial charge in [0.2, 0.25) is 0 Å². The lowest BCUT2D eigenvalue weighted by atomic mass is 10.2. The highest BCUT2D eigenvalue weighted by atomic mass is 16.5. The molecule has 2 rings (SSSR count). The standard InChI is InChI=1S/C15H23N3O2/c1-17(7-8-18-9-11-20-12-10-18)15(19)16-13-14-5-3-2-4-6-14/h2-6H,7-13H2,1H3,(H,16,19). The number of nitrogens with zero attached hydrogens (tertiary/aromatic N) is 2. The van der Waals surface area contributed by atoms with Gasteiger partial charge in [-0.2, -0.15) is 0 Å². The van der Waals surface area contributed by atoms with Crippen molar-refractivity contribution in [3.8, 4) is 0 Å². The highest BCUT2D eigenvalue weighted by Gasteiger charge is 2.13. The van der Waals surface area contributed by atoms with Crippen LogP contribution in [0.1, 0.15) is 5.56 Å². The Bertz CT molecular complexity index is 405. The van der Waals surface area contributed by atoms with Crippen molar-refractivity contribution in [3.05, 3.63) is 35.9 Å². The summed E-state index contributed by atoms with van der Waals surface area (Å²) in [5, 5.41) is 2.93. The molecule has 0 aromatic heterocycles. The predicted molar refractivity (Wildman–Crippen MR) is 78.6 cm³/mol. The van der Waals surface area contributed by atoms with Gasteiger partial charge in [0.05, 0.1) is 13.2 Å². The molecule has 1 aromatic carbocycles. The average molecular weight is 277 g/mol. The molecule has 0 radical (unpaired) electrons. The molecule has 1 saturated heterocycles. The fourth-order valence-electron chi connectivity index (χ4n) is 2.13. The van der Waals surface area contributed by atoms with Gasteiger partial charge in [-0.3, -0.25) is 4.90 Å². The summed E-state index contributed by atoms with van der Waals surface area (Å²) >= 11 is 0. The fraction of sp³-hybridized carbons (Fsp3) is 0.533. The van der Waals surface area contributed by atoms with E-state index in [4.69, 9.17) is 4.74 Å². The number of hydrogen-bond donors (Lipinski definition) is 1. The van der Waals surface area contributed by atoms with Crippen LogP contribution in [-0.2, 0) is 11.3 Å². The van der Waals surface area contributed by atoms with E-state index in [1.165, 1.54) is 0 Å². The van der Waals surface area contributed by atoms with Crippen LogP contribution in [0.3, 0.4) is 0 Å². The molecule has 0 saturated carbocycles. The van der Waals surface area contributed by atoms with Crippen LogP contribution in [0.2, 0.25) is 0 Å². The number of morpholine rings is 1. The molecule has 1 aliphatic rings. The molecule has 0 spiro atoms. The molecule has 110 valence electrons. The molecule has 0 aliphatic carbocycles. The van der Waals surface area contributed by atoms with E-state index in [2.05, 4.69) is 10.2 Å². The first-order valence-corrected chi connectivity index (χ1v) is 7.08. The van der Waals surface area contributed by atoms with Gasteiger partial charge in [-0.05, 0) is 5.56 Å². The number of rotatable bonds is 5. The molecular weight excluding hydrogens is 254 g/mol. The third kappa shape index (κ3) is 4.83. The minimum atomic E-state index is -0.0258. The Kier molecular flexibility index (Phi) is 5.83. The number of nitrogens with one attached hydrogen (secondary N) is 1. The second-order valence-corrected chi connectivity index (χ2v) is 5.02. The number of hydrogen-bond acceptors (Lipinski definition) is 3. The van der Waals surface area contributed by atoms with E-state index in [0.717, 1.165) is 45.0 Å². The van der Waals surface area contributed by atoms with Crippen LogP contribution < -0.4 is 5.32 Å². The van der Waals surface area contributed by atoms with Gasteiger partial charge in [0.15, 0.2) is 0 Å². The first kappa shape index (κ1) is 14.8. The van der Waals surface area contributed by atoms with Crippen LogP contribution >= 0.6 is 0 Å². The Hall–Kier alpha value is -1.59. The SMILES string of the molecule is CN(CCN1CCOCC1)C(=O)NCc1ccccc1. The lowest BCUT2D eigenvalue weighted by Gasteiger charge is -2.28. The first-order chi connectivity index (χ1) is 9.75. The molecule has 0 bridgehead atoms. The van der Waals surface area contributed by atoms with E-state index in [-0.39, 0.29) is 6.03 Å². The number of carbonyl (C=O) groups excluding carboxylic acids is 1. The lowest BCUT2D eigenvalue weighted by Crippen LogP contribution is -2.44. The Balaban J connectivity index is 1.66. The molecule has 1 aliphatic heterocycles. The van der Waals surface area contributed by atoms with Gasteiger partial charge in [0, 0.05) is 39.8 Å². The van der Waals surface area contributed by atoms with Crippen LogP contribution in [0.15, 0.2) is 30.3 Å². The fourth-order valence-corrected chi connectivity index (χ4v) is 2.13. The highest BCUT2D eigenvalue weighted by molar-refractivity contribution is 5.73. The maximum atomic E-state index is 12.0. The third-order valence-electron chi connectivity index (χ3n) is 3.49. The zero-order valence-electron chi connectivity index (χ0n) is 12.0. The minimum Gasteiger partial charge on any atom is -0.379 e. The zero-order valence-corrected chi connectivity index (χ0v) is 12.0. The third-order valence-corrected chi connectivity index (χ3v) is 3.49. The summed E-state index contributed by atoms with van der Waals surface area (Å²) in [6, 6.07) is 9.91. The van der Waals surface area contributed by atoms with Crippen molar-refractivity contribution >= 4 is 6.03 Å². The second-order valence-electron chi connectivity index (χ2n) is 5.02. The first-order valence-electron chi connectivity index (χ1n) is 7.08. The van der Waals surface area contributed by atoms with Crippen LogP contribution in [0.5, 0.6) is 0 Å². The summed E-state index contributed by atoms with van der Waals surface area (Å²) in [7, 11) is 1.83. The Labute approximate surface area is 120 Å². The van der Waals surface area contributed by atoms with Crippen LogP contribution in [0, 0.1) is 0 Å². The van der Waals surface area contributed by atoms with Crippen molar-refractivity contribution in [2.45, 2.75) is 6.54 Å². The Morgan fingerprint density at radius 3 is 2.70 bits per heavy atom. The van der Waals surface area contributed by atoms with E-state index < -0.39 is 0 Å². The summed E-state index contributed by atoms with van der Waals surface area (Å²) in [5.74, 6) is 0. The molecule has 1 aromatic rings. The highest BCUT2D eigenvalue weighted by Crippen LogP contribution is 1.99. The van der Waals surface area contributed by atoms with Crippen molar-refractivity contribution in [2.24, 2.45) is 0 Å². The second kappa shape index (κ2) is 7.87. The van der Waals surface area contributed by atoms with Gasteiger partial charge in [0.25, 0.3) is 0 Å². The molecular formula is C15H23N3O2. The molecule has 5 nitrogen and oxygen atoms in total. The summed E-state index contributed by atoms with van der Waals surface area (Å²) in [5.41, 5.74) is 1.11. The largest absolute Gasteiger partial charge is 0.379 e. The van der Waals surface area contributed by atoms with Gasteiger partial charge in [-0.15, -0.1) is 0 Å². The van der Waals surface area contributed by atoms with Crippen LogP contribution in [0.25, 0.3) is 0 Å². The van der Waals surface area contributed by atoms with Crippen molar-refractivity contribution < 1.29 is 9.53 Å². The number of benzene rings is 1. The smallest absolute Gasteiger partial charge is 0.317 e. The van der Waals surface area contributed by atoms with Crippen molar-refractivity contribution in [3.63, 3.8) is 0 Å².